The number of allylic oxidation sites excluding steroid dienone is 1. The van der Waals surface area contributed by atoms with Crippen molar-refractivity contribution in [2.45, 2.75) is 72.3 Å². The van der Waals surface area contributed by atoms with Crippen molar-refractivity contribution < 1.29 is 71.5 Å². The van der Waals surface area contributed by atoms with Crippen LogP contribution >= 0.6 is 7.60 Å². The largest absolute Gasteiger partial charge is 0.447 e. The van der Waals surface area contributed by atoms with E-state index in [-0.39, 0.29) is 96.3 Å². The van der Waals surface area contributed by atoms with Crippen molar-refractivity contribution in [2.75, 3.05) is 84.1 Å². The summed E-state index contributed by atoms with van der Waals surface area (Å²) in [4.78, 5) is 84.6. The Morgan fingerprint density at radius 1 is 0.833 bits per heavy atom. The molecule has 0 radical (unpaired) electrons. The van der Waals surface area contributed by atoms with Crippen LogP contribution < -0.4 is 21.3 Å². The topological polar surface area (TPSA) is 297 Å². The highest BCUT2D eigenvalue weighted by Gasteiger charge is 2.27. The number of nitrogens with one attached hydrogen (secondary N) is 4. The number of aromatic nitrogens is 3. The Balaban J connectivity index is 1.18. The lowest BCUT2D eigenvalue weighted by Crippen LogP contribution is -2.53. The van der Waals surface area contributed by atoms with Crippen LogP contribution in [0.5, 0.6) is 0 Å². The van der Waals surface area contributed by atoms with Crippen LogP contribution in [0.25, 0.3) is 0 Å². The van der Waals surface area contributed by atoms with E-state index in [0.29, 0.717) is 55.3 Å². The van der Waals surface area contributed by atoms with Gasteiger partial charge in [0.05, 0.1) is 98.1 Å². The number of ether oxygens (including phenoxy) is 5. The van der Waals surface area contributed by atoms with Gasteiger partial charge < -0.3 is 59.5 Å². The highest BCUT2D eigenvalue weighted by atomic mass is 31.2. The molecule has 0 saturated heterocycles. The summed E-state index contributed by atoms with van der Waals surface area (Å²) in [6, 6.07) is 4.64. The third-order valence-corrected chi connectivity index (χ3v) is 10.7. The number of rotatable bonds is 33. The summed E-state index contributed by atoms with van der Waals surface area (Å²) in [5.74, 6) is -2.47. The third-order valence-electron chi connectivity index (χ3n) is 9.33. The zero-order chi connectivity index (χ0) is 48.3. The molecule has 23 nitrogen and oxygen atoms in total. The number of nitrogens with zero attached hydrogens (tertiary/aromatic N) is 4. The maximum absolute atomic E-state index is 13.1. The molecule has 0 aliphatic carbocycles. The lowest BCUT2D eigenvalue weighted by Gasteiger charge is -2.24. The van der Waals surface area contributed by atoms with Crippen LogP contribution in [0, 0.1) is 5.92 Å². The molecule has 3 atom stereocenters. The van der Waals surface area contributed by atoms with Gasteiger partial charge in [-0.2, -0.15) is 0 Å². The Hall–Kier alpha value is -5.39. The predicted octanol–water partition coefficient (Wildman–Crippen LogP) is 1.20. The lowest BCUT2D eigenvalue weighted by atomic mass is 10.0. The molecule has 0 spiro atoms. The van der Waals surface area contributed by atoms with Crippen LogP contribution in [0.2, 0.25) is 0 Å². The van der Waals surface area contributed by atoms with Crippen molar-refractivity contribution in [1.82, 2.24) is 35.8 Å². The number of hydrogen-bond acceptors (Lipinski definition) is 16. The van der Waals surface area contributed by atoms with Crippen molar-refractivity contribution in [2.24, 2.45) is 5.92 Å². The molecule has 1 aromatic heterocycles. The summed E-state index contributed by atoms with van der Waals surface area (Å²) in [5, 5.41) is 27.6. The SMILES string of the molecule is C/C(=C\CCP(=O)(O)OCc1ccc(NC(=O)[C@H](C)NC(=O)[C@@H](NC(=O)CCOCCOCCOCCn2cc(CNC(=O)OCCOCCN3C(=O)C=CC3=O)nn2)C(C)C)cc1)CO. The highest BCUT2D eigenvalue weighted by molar-refractivity contribution is 7.52. The highest BCUT2D eigenvalue weighted by Crippen LogP contribution is 2.43. The quantitative estimate of drug-likeness (QED) is 0.0254. The maximum Gasteiger partial charge on any atom is 0.407 e. The fourth-order valence-corrected chi connectivity index (χ4v) is 6.51. The normalized spacial score (nSPS) is 14.5. The number of imide groups is 1. The smallest absolute Gasteiger partial charge is 0.407 e. The van der Waals surface area contributed by atoms with E-state index in [1.807, 2.05) is 0 Å². The molecule has 0 bridgehead atoms. The Bertz CT molecular complexity index is 1960. The van der Waals surface area contributed by atoms with E-state index >= 15 is 0 Å². The molecule has 1 aliphatic heterocycles. The summed E-state index contributed by atoms with van der Waals surface area (Å²) in [6.45, 7) is 8.94. The number of carbonyl (C=O) groups excluding carboxylic acids is 6. The van der Waals surface area contributed by atoms with Gasteiger partial charge in [-0.3, -0.25) is 33.4 Å². The van der Waals surface area contributed by atoms with Gasteiger partial charge >= 0.3 is 13.7 Å². The van der Waals surface area contributed by atoms with Gasteiger partial charge in [-0.15, -0.1) is 5.10 Å². The first kappa shape index (κ1) is 54.9. The monoisotopic (exact) mass is 950 g/mol. The molecule has 66 heavy (non-hydrogen) atoms. The van der Waals surface area contributed by atoms with E-state index in [1.165, 1.54) is 19.1 Å². The summed E-state index contributed by atoms with van der Waals surface area (Å²) in [5.41, 5.74) is 2.26. The molecule has 2 aromatic rings. The Morgan fingerprint density at radius 3 is 2.11 bits per heavy atom. The Labute approximate surface area is 383 Å². The fourth-order valence-electron chi connectivity index (χ4n) is 5.57. The minimum atomic E-state index is -3.84. The van der Waals surface area contributed by atoms with E-state index in [1.54, 1.807) is 62.0 Å². The second kappa shape index (κ2) is 30.0. The number of hydrogen-bond donors (Lipinski definition) is 6. The molecule has 24 heteroatoms. The van der Waals surface area contributed by atoms with E-state index in [0.717, 1.165) is 4.90 Å². The zero-order valence-electron chi connectivity index (χ0n) is 37.8. The van der Waals surface area contributed by atoms with E-state index in [9.17, 15) is 38.2 Å². The molecule has 0 fully saturated rings. The van der Waals surface area contributed by atoms with Crippen molar-refractivity contribution in [3.8, 4) is 0 Å². The molecule has 1 aromatic carbocycles. The van der Waals surface area contributed by atoms with Gasteiger partial charge in [-0.1, -0.05) is 42.8 Å². The van der Waals surface area contributed by atoms with Crippen molar-refractivity contribution in [3.05, 3.63) is 65.5 Å². The van der Waals surface area contributed by atoms with Gasteiger partial charge in [-0.25, -0.2) is 9.48 Å². The summed E-state index contributed by atoms with van der Waals surface area (Å²) >= 11 is 0. The first-order chi connectivity index (χ1) is 31.6. The number of anilines is 1. The standard InChI is InChI=1S/C42H63N8O15P/c1-30(2)39(41(56)44-32(4)40(55)45-34-9-7-33(8-10-34)29-65-66(58,59)25-5-6-31(3)28-51)46-36(52)13-16-60-19-21-63-22-20-61-17-14-49-27-35(47-48-49)26-43-42(57)64-24-23-62-18-15-50-37(53)11-12-38(50)54/h6-12,27,30,32,39,51H,5,13-26,28-29H2,1-4H3,(H,43,57)(H,44,56)(H,45,55)(H,46,52)(H,58,59)/b31-6+/t32-,39-/m0/s1. The number of carbonyl (C=O) groups is 6. The molecule has 3 rings (SSSR count). The molecule has 2 heterocycles. The molecule has 1 unspecified atom stereocenters. The number of aliphatic hydroxyl groups excluding tert-OH is 1. The van der Waals surface area contributed by atoms with Gasteiger partial charge in [0, 0.05) is 24.3 Å². The summed E-state index contributed by atoms with van der Waals surface area (Å²) in [7, 11) is -3.84. The summed E-state index contributed by atoms with van der Waals surface area (Å²) < 4.78 is 46.0. The fraction of sp³-hybridized carbons (Fsp3) is 0.571. The summed E-state index contributed by atoms with van der Waals surface area (Å²) in [6.07, 6.45) is 5.27. The Kier molecular flexibility index (Phi) is 25.0. The maximum atomic E-state index is 13.1. The minimum absolute atomic E-state index is 0.00246. The molecular weight excluding hydrogens is 887 g/mol. The van der Waals surface area contributed by atoms with Crippen molar-refractivity contribution in [1.29, 1.82) is 0 Å². The van der Waals surface area contributed by atoms with E-state index in [2.05, 4.69) is 31.6 Å². The van der Waals surface area contributed by atoms with Crippen LogP contribution in [0.1, 0.15) is 51.8 Å². The molecule has 366 valence electrons. The second-order valence-corrected chi connectivity index (χ2v) is 17.1. The second-order valence-electron chi connectivity index (χ2n) is 15.2. The first-order valence-corrected chi connectivity index (χ1v) is 23.2. The van der Waals surface area contributed by atoms with Crippen molar-refractivity contribution in [3.63, 3.8) is 0 Å². The van der Waals surface area contributed by atoms with E-state index < -0.39 is 43.5 Å². The van der Waals surface area contributed by atoms with Gasteiger partial charge in [0.25, 0.3) is 11.8 Å². The van der Waals surface area contributed by atoms with Gasteiger partial charge in [0.1, 0.15) is 24.4 Å². The van der Waals surface area contributed by atoms with E-state index in [4.69, 9.17) is 33.3 Å². The first-order valence-electron chi connectivity index (χ1n) is 21.4. The van der Waals surface area contributed by atoms with Crippen LogP contribution in [-0.4, -0.2) is 156 Å². The number of alkyl carbamates (subject to hydrolysis) is 1. The lowest BCUT2D eigenvalue weighted by molar-refractivity contribution is -0.137. The van der Waals surface area contributed by atoms with Gasteiger partial charge in [-0.05, 0) is 43.9 Å². The van der Waals surface area contributed by atoms with Crippen LogP contribution in [0.15, 0.2) is 54.3 Å². The number of amides is 6. The zero-order valence-corrected chi connectivity index (χ0v) is 38.7. The molecule has 6 amide bonds. The van der Waals surface area contributed by atoms with Gasteiger partial charge in [0.2, 0.25) is 17.7 Å². The molecule has 0 saturated carbocycles. The van der Waals surface area contributed by atoms with Crippen LogP contribution in [-0.2, 0) is 76.4 Å². The number of benzene rings is 1. The molecular formula is C42H63N8O15P. The average Bonchev–Trinajstić information content (AvgIpc) is 3.88. The molecule has 6 N–H and O–H groups in total. The van der Waals surface area contributed by atoms with Crippen LogP contribution in [0.4, 0.5) is 10.5 Å². The Morgan fingerprint density at radius 2 is 1.45 bits per heavy atom. The van der Waals surface area contributed by atoms with Gasteiger partial charge in [0.15, 0.2) is 0 Å². The third kappa shape index (κ3) is 22.2. The molecule has 1 aliphatic rings. The number of aliphatic hydroxyl groups is 1. The predicted molar refractivity (Wildman–Crippen MR) is 236 cm³/mol. The average molecular weight is 951 g/mol. The minimum Gasteiger partial charge on any atom is -0.447 e. The van der Waals surface area contributed by atoms with Crippen LogP contribution in [0.3, 0.4) is 0 Å². The van der Waals surface area contributed by atoms with Crippen molar-refractivity contribution >= 4 is 48.9 Å².